The summed E-state index contributed by atoms with van der Waals surface area (Å²) in [5.41, 5.74) is 1.59. The first-order chi connectivity index (χ1) is 11.5. The van der Waals surface area contributed by atoms with Gasteiger partial charge >= 0.3 is 0 Å². The van der Waals surface area contributed by atoms with E-state index in [4.69, 9.17) is 0 Å². The second kappa shape index (κ2) is 6.70. The van der Waals surface area contributed by atoms with E-state index in [1.165, 1.54) is 4.31 Å². The summed E-state index contributed by atoms with van der Waals surface area (Å²) in [6, 6.07) is 9.34. The van der Waals surface area contributed by atoms with E-state index in [9.17, 15) is 13.2 Å². The maximum Gasteiger partial charge on any atom is 0.243 e. The average molecular weight is 345 g/mol. The highest BCUT2D eigenvalue weighted by atomic mass is 32.2. The first kappa shape index (κ1) is 16.6. The quantitative estimate of drug-likeness (QED) is 0.921. The molecule has 24 heavy (non-hydrogen) atoms. The largest absolute Gasteiger partial charge is 0.325 e. The molecule has 126 valence electrons. The summed E-state index contributed by atoms with van der Waals surface area (Å²) in [6.07, 6.45) is 4.33. The molecule has 2 aromatic rings. The summed E-state index contributed by atoms with van der Waals surface area (Å²) in [6.45, 7) is 2.25. The van der Waals surface area contributed by atoms with Crippen molar-refractivity contribution in [1.29, 1.82) is 0 Å². The van der Waals surface area contributed by atoms with Gasteiger partial charge in [0.05, 0.1) is 4.90 Å². The molecule has 1 unspecified atom stereocenters. The molecule has 3 rings (SSSR count). The molecular weight excluding hydrogens is 326 g/mol. The minimum atomic E-state index is -3.68. The van der Waals surface area contributed by atoms with Crippen LogP contribution in [0.25, 0.3) is 0 Å². The SMILES string of the molecule is Cc1ccc(S(=O)(=O)N2CCCC2C(=O)Nc2ccncc2)cc1. The van der Waals surface area contributed by atoms with Gasteiger partial charge in [-0.05, 0) is 44.0 Å². The third-order valence-electron chi connectivity index (χ3n) is 4.08. The lowest BCUT2D eigenvalue weighted by Gasteiger charge is -2.23. The van der Waals surface area contributed by atoms with E-state index >= 15 is 0 Å². The number of nitrogens with zero attached hydrogens (tertiary/aromatic N) is 2. The minimum Gasteiger partial charge on any atom is -0.325 e. The Morgan fingerprint density at radius 2 is 1.83 bits per heavy atom. The van der Waals surface area contributed by atoms with Gasteiger partial charge in [0.1, 0.15) is 6.04 Å². The van der Waals surface area contributed by atoms with Gasteiger partial charge in [0.15, 0.2) is 0 Å². The van der Waals surface area contributed by atoms with Crippen molar-refractivity contribution >= 4 is 21.6 Å². The monoisotopic (exact) mass is 345 g/mol. The van der Waals surface area contributed by atoms with Crippen LogP contribution in [0.4, 0.5) is 5.69 Å². The number of aryl methyl sites for hydroxylation is 1. The van der Waals surface area contributed by atoms with Crippen molar-refractivity contribution in [2.75, 3.05) is 11.9 Å². The lowest BCUT2D eigenvalue weighted by atomic mass is 10.2. The van der Waals surface area contributed by atoms with Crippen LogP contribution in [0.5, 0.6) is 0 Å². The van der Waals surface area contributed by atoms with Crippen LogP contribution < -0.4 is 5.32 Å². The Bertz CT molecular complexity index is 820. The number of nitrogens with one attached hydrogen (secondary N) is 1. The van der Waals surface area contributed by atoms with Crippen molar-refractivity contribution in [3.05, 3.63) is 54.4 Å². The first-order valence-electron chi connectivity index (χ1n) is 7.78. The Kier molecular flexibility index (Phi) is 4.64. The second-order valence-electron chi connectivity index (χ2n) is 5.81. The fourth-order valence-corrected chi connectivity index (χ4v) is 4.45. The number of benzene rings is 1. The summed E-state index contributed by atoms with van der Waals surface area (Å²) in [7, 11) is -3.68. The number of carbonyl (C=O) groups excluding carboxylic acids is 1. The zero-order valence-electron chi connectivity index (χ0n) is 13.3. The van der Waals surface area contributed by atoms with Crippen molar-refractivity contribution < 1.29 is 13.2 Å². The number of aromatic nitrogens is 1. The molecule has 6 nitrogen and oxygen atoms in total. The number of hydrogen-bond donors (Lipinski definition) is 1. The molecular formula is C17H19N3O3S. The van der Waals surface area contributed by atoms with Crippen LogP contribution in [0.3, 0.4) is 0 Å². The Morgan fingerprint density at radius 3 is 2.50 bits per heavy atom. The number of anilines is 1. The molecule has 1 aromatic carbocycles. The van der Waals surface area contributed by atoms with E-state index in [0.717, 1.165) is 5.56 Å². The lowest BCUT2D eigenvalue weighted by molar-refractivity contribution is -0.119. The molecule has 1 amide bonds. The summed E-state index contributed by atoms with van der Waals surface area (Å²) < 4.78 is 27.0. The van der Waals surface area contributed by atoms with E-state index < -0.39 is 16.1 Å². The molecule has 1 atom stereocenters. The third kappa shape index (κ3) is 3.32. The van der Waals surface area contributed by atoms with E-state index in [0.29, 0.717) is 25.1 Å². The molecule has 0 spiro atoms. The standard InChI is InChI=1S/C17H19N3O3S/c1-13-4-6-15(7-5-13)24(22,23)20-12-2-3-16(20)17(21)19-14-8-10-18-11-9-14/h4-11,16H,2-3,12H2,1H3,(H,18,19,21). The van der Waals surface area contributed by atoms with Crippen molar-refractivity contribution in [3.63, 3.8) is 0 Å². The smallest absolute Gasteiger partial charge is 0.243 e. The predicted octanol–water partition coefficient (Wildman–Crippen LogP) is 2.18. The van der Waals surface area contributed by atoms with Crippen molar-refractivity contribution in [3.8, 4) is 0 Å². The van der Waals surface area contributed by atoms with Gasteiger partial charge < -0.3 is 5.32 Å². The molecule has 0 bridgehead atoms. The first-order valence-corrected chi connectivity index (χ1v) is 9.22. The van der Waals surface area contributed by atoms with Gasteiger partial charge in [-0.3, -0.25) is 9.78 Å². The molecule has 2 heterocycles. The maximum absolute atomic E-state index is 12.8. The second-order valence-corrected chi connectivity index (χ2v) is 7.70. The zero-order chi connectivity index (χ0) is 17.2. The summed E-state index contributed by atoms with van der Waals surface area (Å²) >= 11 is 0. The number of hydrogen-bond acceptors (Lipinski definition) is 4. The van der Waals surface area contributed by atoms with Crippen molar-refractivity contribution in [2.45, 2.75) is 30.7 Å². The number of rotatable bonds is 4. The Labute approximate surface area is 141 Å². The molecule has 1 N–H and O–H groups in total. The maximum atomic E-state index is 12.8. The van der Waals surface area contributed by atoms with Gasteiger partial charge in [-0.15, -0.1) is 0 Å². The van der Waals surface area contributed by atoms with E-state index in [-0.39, 0.29) is 10.8 Å². The van der Waals surface area contributed by atoms with E-state index in [1.807, 2.05) is 6.92 Å². The lowest BCUT2D eigenvalue weighted by Crippen LogP contribution is -2.43. The number of amides is 1. The normalized spacial score (nSPS) is 18.5. The molecule has 1 fully saturated rings. The zero-order valence-corrected chi connectivity index (χ0v) is 14.2. The number of carbonyl (C=O) groups is 1. The average Bonchev–Trinajstić information content (AvgIpc) is 3.07. The number of pyridine rings is 1. The molecule has 1 aromatic heterocycles. The molecule has 0 aliphatic carbocycles. The van der Waals surface area contributed by atoms with Crippen molar-refractivity contribution in [2.24, 2.45) is 0 Å². The highest BCUT2D eigenvalue weighted by molar-refractivity contribution is 7.89. The van der Waals surface area contributed by atoms with E-state index in [2.05, 4.69) is 10.3 Å². The van der Waals surface area contributed by atoms with Crippen LogP contribution in [-0.4, -0.2) is 36.2 Å². The highest BCUT2D eigenvalue weighted by Crippen LogP contribution is 2.27. The number of sulfonamides is 1. The van der Waals surface area contributed by atoms with Crippen molar-refractivity contribution in [1.82, 2.24) is 9.29 Å². The van der Waals surface area contributed by atoms with Crippen LogP contribution in [-0.2, 0) is 14.8 Å². The van der Waals surface area contributed by atoms with Gasteiger partial charge in [0, 0.05) is 24.6 Å². The fourth-order valence-electron chi connectivity index (χ4n) is 2.80. The Morgan fingerprint density at radius 1 is 1.17 bits per heavy atom. The molecule has 0 radical (unpaired) electrons. The Balaban J connectivity index is 1.82. The van der Waals surface area contributed by atoms with Crippen LogP contribution in [0.15, 0.2) is 53.7 Å². The minimum absolute atomic E-state index is 0.219. The molecule has 0 saturated carbocycles. The predicted molar refractivity (Wildman–Crippen MR) is 91.0 cm³/mol. The molecule has 1 saturated heterocycles. The van der Waals surface area contributed by atoms with E-state index in [1.54, 1.807) is 48.8 Å². The molecule has 1 aliphatic heterocycles. The van der Waals surface area contributed by atoms with Crippen LogP contribution in [0, 0.1) is 6.92 Å². The topological polar surface area (TPSA) is 79.4 Å². The fraction of sp³-hybridized carbons (Fsp3) is 0.294. The highest BCUT2D eigenvalue weighted by Gasteiger charge is 2.39. The Hall–Kier alpha value is -2.25. The van der Waals surface area contributed by atoms with Gasteiger partial charge in [-0.25, -0.2) is 8.42 Å². The van der Waals surface area contributed by atoms with Crippen LogP contribution in [0.2, 0.25) is 0 Å². The van der Waals surface area contributed by atoms with Gasteiger partial charge in [-0.1, -0.05) is 17.7 Å². The summed E-state index contributed by atoms with van der Waals surface area (Å²) in [5.74, 6) is -0.311. The van der Waals surface area contributed by atoms with Gasteiger partial charge in [0.2, 0.25) is 15.9 Å². The van der Waals surface area contributed by atoms with Crippen LogP contribution >= 0.6 is 0 Å². The molecule has 1 aliphatic rings. The van der Waals surface area contributed by atoms with Gasteiger partial charge in [-0.2, -0.15) is 4.31 Å². The van der Waals surface area contributed by atoms with Crippen LogP contribution in [0.1, 0.15) is 18.4 Å². The molecule has 7 heteroatoms. The summed E-state index contributed by atoms with van der Waals surface area (Å²) in [5, 5.41) is 2.76. The summed E-state index contributed by atoms with van der Waals surface area (Å²) in [4.78, 5) is 16.6. The third-order valence-corrected chi connectivity index (χ3v) is 6.00. The van der Waals surface area contributed by atoms with Gasteiger partial charge in [0.25, 0.3) is 0 Å².